The zero-order valence-electron chi connectivity index (χ0n) is 9.67. The molecule has 2 N–H and O–H groups in total. The monoisotopic (exact) mass is 315 g/mol. The molecule has 1 heterocycles. The third-order valence-corrected chi connectivity index (χ3v) is 3.56. The Hall–Kier alpha value is -1.27. The molecule has 0 radical (unpaired) electrons. The van der Waals surface area contributed by atoms with Gasteiger partial charge in [-0.1, -0.05) is 15.9 Å². The zero-order chi connectivity index (χ0) is 13.1. The Morgan fingerprint density at radius 1 is 1.39 bits per heavy atom. The molecule has 1 unspecified atom stereocenters. The zero-order valence-corrected chi connectivity index (χ0v) is 11.3. The van der Waals surface area contributed by atoms with Gasteiger partial charge in [0.05, 0.1) is 19.3 Å². The average Bonchev–Trinajstić information content (AvgIpc) is 2.36. The Morgan fingerprint density at radius 2 is 2.06 bits per heavy atom. The summed E-state index contributed by atoms with van der Waals surface area (Å²) in [7, 11) is 0. The van der Waals surface area contributed by atoms with Crippen molar-refractivity contribution in [2.75, 3.05) is 25.1 Å². The van der Waals surface area contributed by atoms with Crippen LogP contribution in [0.1, 0.15) is 10.4 Å². The smallest absolute Gasteiger partial charge is 0.254 e. The summed E-state index contributed by atoms with van der Waals surface area (Å²) in [5.41, 5.74) is 0.278. The first-order valence-electron chi connectivity index (χ1n) is 5.59. The summed E-state index contributed by atoms with van der Waals surface area (Å²) in [5.74, 6) is -0.460. The molecule has 0 aromatic heterocycles. The van der Waals surface area contributed by atoms with Gasteiger partial charge in [0.15, 0.2) is 0 Å². The number of aromatic hydroxyl groups is 2. The van der Waals surface area contributed by atoms with Crippen molar-refractivity contribution in [2.24, 2.45) is 0 Å². The quantitative estimate of drug-likeness (QED) is 0.808. The molecular formula is C12H14BrNO4. The lowest BCUT2D eigenvalue weighted by Gasteiger charge is -2.34. The van der Waals surface area contributed by atoms with Crippen molar-refractivity contribution in [2.45, 2.75) is 6.04 Å². The predicted molar refractivity (Wildman–Crippen MR) is 69.2 cm³/mol. The van der Waals surface area contributed by atoms with Gasteiger partial charge < -0.3 is 19.8 Å². The molecule has 1 fully saturated rings. The number of carbonyl (C=O) groups excluding carboxylic acids is 1. The van der Waals surface area contributed by atoms with E-state index in [0.717, 1.165) is 0 Å². The minimum atomic E-state index is -0.214. The first-order valence-corrected chi connectivity index (χ1v) is 6.71. The van der Waals surface area contributed by atoms with Crippen LogP contribution in [0.5, 0.6) is 11.5 Å². The van der Waals surface area contributed by atoms with E-state index in [9.17, 15) is 15.0 Å². The van der Waals surface area contributed by atoms with Crippen molar-refractivity contribution in [3.05, 3.63) is 23.8 Å². The summed E-state index contributed by atoms with van der Waals surface area (Å²) in [6.45, 7) is 1.49. The first-order chi connectivity index (χ1) is 8.61. The third kappa shape index (κ3) is 2.76. The minimum Gasteiger partial charge on any atom is -0.508 e. The average molecular weight is 316 g/mol. The van der Waals surface area contributed by atoms with Crippen LogP contribution < -0.4 is 0 Å². The number of alkyl halides is 1. The van der Waals surface area contributed by atoms with E-state index in [4.69, 9.17) is 4.74 Å². The number of phenolic OH excluding ortho intramolecular Hbond substituents is 2. The number of carbonyl (C=O) groups is 1. The Kier molecular flexibility index (Phi) is 4.08. The van der Waals surface area contributed by atoms with E-state index in [1.807, 2.05) is 0 Å². The van der Waals surface area contributed by atoms with E-state index in [2.05, 4.69) is 15.9 Å². The van der Waals surface area contributed by atoms with Crippen LogP contribution in [0.4, 0.5) is 0 Å². The highest BCUT2D eigenvalue weighted by Crippen LogP contribution is 2.23. The first kappa shape index (κ1) is 13.2. The lowest BCUT2D eigenvalue weighted by atomic mass is 10.1. The lowest BCUT2D eigenvalue weighted by Crippen LogP contribution is -2.49. The van der Waals surface area contributed by atoms with Crippen molar-refractivity contribution in [3.8, 4) is 11.5 Å². The Bertz CT molecular complexity index is 431. The summed E-state index contributed by atoms with van der Waals surface area (Å²) >= 11 is 3.35. The second-order valence-electron chi connectivity index (χ2n) is 4.12. The fraction of sp³-hybridized carbons (Fsp3) is 0.417. The van der Waals surface area contributed by atoms with Gasteiger partial charge in [-0.25, -0.2) is 0 Å². The molecule has 5 nitrogen and oxygen atoms in total. The summed E-state index contributed by atoms with van der Waals surface area (Å²) in [4.78, 5) is 14.0. The Labute approximate surface area is 113 Å². The van der Waals surface area contributed by atoms with E-state index >= 15 is 0 Å². The number of phenols is 2. The molecule has 2 rings (SSSR count). The molecule has 1 amide bonds. The lowest BCUT2D eigenvalue weighted by molar-refractivity contribution is 0.00521. The number of halogens is 1. The van der Waals surface area contributed by atoms with Crippen molar-refractivity contribution in [3.63, 3.8) is 0 Å². The van der Waals surface area contributed by atoms with Crippen LogP contribution in [0.25, 0.3) is 0 Å². The van der Waals surface area contributed by atoms with Gasteiger partial charge in [0.2, 0.25) is 0 Å². The van der Waals surface area contributed by atoms with Gasteiger partial charge in [0.1, 0.15) is 11.5 Å². The number of nitrogens with zero attached hydrogens (tertiary/aromatic N) is 1. The molecule has 6 heteroatoms. The van der Waals surface area contributed by atoms with Crippen LogP contribution in [0.3, 0.4) is 0 Å². The van der Waals surface area contributed by atoms with Gasteiger partial charge in [-0.15, -0.1) is 0 Å². The predicted octanol–water partition coefficient (Wildman–Crippen LogP) is 1.33. The van der Waals surface area contributed by atoms with Crippen LogP contribution in [-0.4, -0.2) is 52.2 Å². The van der Waals surface area contributed by atoms with E-state index in [1.54, 1.807) is 4.90 Å². The van der Waals surface area contributed by atoms with Crippen LogP contribution >= 0.6 is 15.9 Å². The van der Waals surface area contributed by atoms with Gasteiger partial charge in [0.25, 0.3) is 5.91 Å². The molecule has 1 aromatic carbocycles. The van der Waals surface area contributed by atoms with E-state index in [-0.39, 0.29) is 29.0 Å². The van der Waals surface area contributed by atoms with Gasteiger partial charge >= 0.3 is 0 Å². The van der Waals surface area contributed by atoms with Crippen molar-refractivity contribution in [1.29, 1.82) is 0 Å². The molecule has 1 aliphatic rings. The number of benzene rings is 1. The number of hydrogen-bond donors (Lipinski definition) is 2. The maximum Gasteiger partial charge on any atom is 0.254 e. The largest absolute Gasteiger partial charge is 0.508 e. The molecule has 1 atom stereocenters. The van der Waals surface area contributed by atoms with Gasteiger partial charge in [-0.2, -0.15) is 0 Å². The Balaban J connectivity index is 2.23. The van der Waals surface area contributed by atoms with Crippen LogP contribution in [0, 0.1) is 0 Å². The standard InChI is InChI=1S/C12H14BrNO4/c13-6-9-7-18-2-1-14(9)12(17)8-3-10(15)5-11(16)4-8/h3-5,9,15-16H,1-2,6-7H2. The van der Waals surface area contributed by atoms with Crippen LogP contribution in [0.15, 0.2) is 18.2 Å². The fourth-order valence-corrected chi connectivity index (χ4v) is 2.47. The number of ether oxygens (including phenoxy) is 1. The second kappa shape index (κ2) is 5.58. The highest BCUT2D eigenvalue weighted by molar-refractivity contribution is 9.09. The molecule has 0 bridgehead atoms. The van der Waals surface area contributed by atoms with Crippen LogP contribution in [-0.2, 0) is 4.74 Å². The van der Waals surface area contributed by atoms with E-state index < -0.39 is 0 Å². The summed E-state index contributed by atoms with van der Waals surface area (Å²) in [6.07, 6.45) is 0. The SMILES string of the molecule is O=C(c1cc(O)cc(O)c1)N1CCOCC1CBr. The summed E-state index contributed by atoms with van der Waals surface area (Å²) in [6, 6.07) is 3.86. The highest BCUT2D eigenvalue weighted by Gasteiger charge is 2.27. The Morgan fingerprint density at radius 3 is 2.67 bits per heavy atom. The molecule has 18 heavy (non-hydrogen) atoms. The van der Waals surface area contributed by atoms with Crippen molar-refractivity contribution >= 4 is 21.8 Å². The van der Waals surface area contributed by atoms with Gasteiger partial charge in [0, 0.05) is 23.5 Å². The number of amides is 1. The maximum absolute atomic E-state index is 12.3. The second-order valence-corrected chi connectivity index (χ2v) is 4.77. The number of morpholine rings is 1. The molecular weight excluding hydrogens is 302 g/mol. The minimum absolute atomic E-state index is 0.0317. The maximum atomic E-state index is 12.3. The third-order valence-electron chi connectivity index (χ3n) is 2.82. The highest BCUT2D eigenvalue weighted by atomic mass is 79.9. The number of hydrogen-bond acceptors (Lipinski definition) is 4. The van der Waals surface area contributed by atoms with Crippen LogP contribution in [0.2, 0.25) is 0 Å². The topological polar surface area (TPSA) is 70.0 Å². The van der Waals surface area contributed by atoms with E-state index in [1.165, 1.54) is 18.2 Å². The molecule has 1 aliphatic heterocycles. The van der Waals surface area contributed by atoms with Gasteiger partial charge in [-0.05, 0) is 12.1 Å². The summed E-state index contributed by atoms with van der Waals surface area (Å²) in [5, 5.41) is 19.4. The molecule has 0 saturated carbocycles. The summed E-state index contributed by atoms with van der Waals surface area (Å²) < 4.78 is 5.31. The number of rotatable bonds is 2. The van der Waals surface area contributed by atoms with E-state index in [0.29, 0.717) is 25.1 Å². The van der Waals surface area contributed by atoms with Crippen molar-refractivity contribution in [1.82, 2.24) is 4.90 Å². The molecule has 0 spiro atoms. The molecule has 1 aromatic rings. The molecule has 1 saturated heterocycles. The van der Waals surface area contributed by atoms with Gasteiger partial charge in [-0.3, -0.25) is 4.79 Å². The molecule has 0 aliphatic carbocycles. The normalized spacial score (nSPS) is 19.8. The molecule has 98 valence electrons. The fourth-order valence-electron chi connectivity index (χ4n) is 1.93. The van der Waals surface area contributed by atoms with Crippen molar-refractivity contribution < 1.29 is 19.7 Å².